The molecule has 20 heavy (non-hydrogen) atoms. The summed E-state index contributed by atoms with van der Waals surface area (Å²) in [5.74, 6) is -0.0703. The van der Waals surface area contributed by atoms with Crippen molar-refractivity contribution in [3.8, 4) is 16.9 Å². The molecule has 1 aromatic carbocycles. The number of carbonyl (C=O) groups is 1. The average molecular weight is 268 g/mol. The van der Waals surface area contributed by atoms with Crippen LogP contribution in [0.1, 0.15) is 10.4 Å². The second-order valence-electron chi connectivity index (χ2n) is 4.31. The Morgan fingerprint density at radius 3 is 2.85 bits per heavy atom. The fourth-order valence-corrected chi connectivity index (χ4v) is 2.07. The number of aromatic nitrogens is 3. The van der Waals surface area contributed by atoms with Gasteiger partial charge >= 0.3 is 0 Å². The number of rotatable bonds is 3. The van der Waals surface area contributed by atoms with Gasteiger partial charge in [-0.1, -0.05) is 6.07 Å². The molecule has 0 saturated heterocycles. The third-order valence-corrected chi connectivity index (χ3v) is 3.09. The van der Waals surface area contributed by atoms with E-state index < -0.39 is 5.91 Å². The lowest BCUT2D eigenvalue weighted by molar-refractivity contribution is 0.0997. The molecule has 1 amide bonds. The van der Waals surface area contributed by atoms with Crippen molar-refractivity contribution in [1.82, 2.24) is 15.2 Å². The van der Waals surface area contributed by atoms with Gasteiger partial charge in [0.1, 0.15) is 5.75 Å². The number of methoxy groups -OCH3 is 1. The largest absolute Gasteiger partial charge is 0.496 e. The van der Waals surface area contributed by atoms with Crippen LogP contribution in [0.15, 0.2) is 36.7 Å². The minimum atomic E-state index is -0.517. The minimum absolute atomic E-state index is 0.355. The van der Waals surface area contributed by atoms with Crippen molar-refractivity contribution < 1.29 is 9.53 Å². The number of nitrogens with two attached hydrogens (primary N) is 1. The van der Waals surface area contributed by atoms with E-state index >= 15 is 0 Å². The lowest BCUT2D eigenvalue weighted by atomic mass is 10.0. The Bertz CT molecular complexity index is 795. The van der Waals surface area contributed by atoms with Crippen LogP contribution >= 0.6 is 0 Å². The van der Waals surface area contributed by atoms with Crippen LogP contribution in [-0.4, -0.2) is 28.2 Å². The molecule has 0 saturated carbocycles. The summed E-state index contributed by atoms with van der Waals surface area (Å²) >= 11 is 0. The van der Waals surface area contributed by atoms with Gasteiger partial charge in [0.15, 0.2) is 5.65 Å². The topological polar surface area (TPSA) is 93.9 Å². The first kappa shape index (κ1) is 12.2. The molecule has 3 rings (SSSR count). The van der Waals surface area contributed by atoms with Gasteiger partial charge < -0.3 is 10.5 Å². The van der Waals surface area contributed by atoms with Crippen LogP contribution in [0.3, 0.4) is 0 Å². The van der Waals surface area contributed by atoms with Gasteiger partial charge in [-0.2, -0.15) is 5.10 Å². The number of ether oxygens (including phenoxy) is 1. The molecule has 0 spiro atoms. The van der Waals surface area contributed by atoms with Crippen LogP contribution in [0.5, 0.6) is 5.75 Å². The monoisotopic (exact) mass is 268 g/mol. The van der Waals surface area contributed by atoms with E-state index in [-0.39, 0.29) is 0 Å². The molecule has 0 atom stereocenters. The Morgan fingerprint density at radius 2 is 2.10 bits per heavy atom. The summed E-state index contributed by atoms with van der Waals surface area (Å²) < 4.78 is 5.20. The summed E-state index contributed by atoms with van der Waals surface area (Å²) in [6, 6.07) is 7.19. The number of H-pyrrole nitrogens is 1. The molecule has 0 aliphatic carbocycles. The third-order valence-electron chi connectivity index (χ3n) is 3.09. The molecule has 0 fully saturated rings. The zero-order valence-corrected chi connectivity index (χ0v) is 10.8. The number of hydrogen-bond acceptors (Lipinski definition) is 4. The van der Waals surface area contributed by atoms with Crippen molar-refractivity contribution in [3.63, 3.8) is 0 Å². The number of nitrogens with one attached hydrogen (secondary N) is 1. The van der Waals surface area contributed by atoms with Gasteiger partial charge in [0.25, 0.3) is 5.91 Å². The van der Waals surface area contributed by atoms with Crippen molar-refractivity contribution in [2.45, 2.75) is 0 Å². The quantitative estimate of drug-likeness (QED) is 0.756. The van der Waals surface area contributed by atoms with E-state index in [0.29, 0.717) is 11.3 Å². The number of amides is 1. The first-order valence-electron chi connectivity index (χ1n) is 5.96. The van der Waals surface area contributed by atoms with Gasteiger partial charge in [-0.15, -0.1) is 0 Å². The van der Waals surface area contributed by atoms with Crippen molar-refractivity contribution in [3.05, 3.63) is 42.2 Å². The Morgan fingerprint density at radius 1 is 1.25 bits per heavy atom. The average Bonchev–Trinajstić information content (AvgIpc) is 2.93. The Hall–Kier alpha value is -2.89. The number of benzene rings is 1. The Labute approximate surface area is 114 Å². The number of nitrogens with zero attached hydrogens (tertiary/aromatic N) is 2. The molecule has 2 aromatic heterocycles. The van der Waals surface area contributed by atoms with Gasteiger partial charge in [-0.3, -0.25) is 9.89 Å². The Kier molecular flexibility index (Phi) is 2.83. The molecule has 0 unspecified atom stereocenters. The summed E-state index contributed by atoms with van der Waals surface area (Å²) in [5.41, 5.74) is 8.18. The predicted molar refractivity (Wildman–Crippen MR) is 74.4 cm³/mol. The standard InChI is InChI=1S/C14H12N4O2/c1-20-12-5-8(2-3-11(12)13(15)19)9-4-10-7-17-18-14(10)16-6-9/h2-7H,1H3,(H2,15,19)(H,16,17,18). The van der Waals surface area contributed by atoms with Gasteiger partial charge in [-0.05, 0) is 23.8 Å². The molecule has 3 N–H and O–H groups in total. The first-order chi connectivity index (χ1) is 9.69. The van der Waals surface area contributed by atoms with Crippen LogP contribution in [0.2, 0.25) is 0 Å². The molecule has 0 bridgehead atoms. The Balaban J connectivity index is 2.11. The summed E-state index contributed by atoms with van der Waals surface area (Å²) in [4.78, 5) is 15.6. The number of primary amides is 1. The highest BCUT2D eigenvalue weighted by Gasteiger charge is 2.11. The van der Waals surface area contributed by atoms with Crippen LogP contribution in [-0.2, 0) is 0 Å². The van der Waals surface area contributed by atoms with Crippen molar-refractivity contribution in [2.75, 3.05) is 7.11 Å². The molecule has 6 heteroatoms. The van der Waals surface area contributed by atoms with Crippen molar-refractivity contribution >= 4 is 16.9 Å². The minimum Gasteiger partial charge on any atom is -0.496 e. The summed E-state index contributed by atoms with van der Waals surface area (Å²) in [6.07, 6.45) is 3.44. The van der Waals surface area contributed by atoms with Gasteiger partial charge in [0, 0.05) is 17.1 Å². The highest BCUT2D eigenvalue weighted by atomic mass is 16.5. The number of pyridine rings is 1. The lowest BCUT2D eigenvalue weighted by Crippen LogP contribution is -2.12. The second kappa shape index (κ2) is 4.65. The van der Waals surface area contributed by atoms with Gasteiger partial charge in [-0.25, -0.2) is 4.98 Å². The molecule has 100 valence electrons. The molecule has 6 nitrogen and oxygen atoms in total. The summed E-state index contributed by atoms with van der Waals surface area (Å²) in [7, 11) is 1.50. The maximum atomic E-state index is 11.3. The molecule has 0 radical (unpaired) electrons. The summed E-state index contributed by atoms with van der Waals surface area (Å²) in [5, 5.41) is 7.65. The SMILES string of the molecule is COc1cc(-c2cnc3[nH]ncc3c2)ccc1C(N)=O. The van der Waals surface area contributed by atoms with Crippen LogP contribution in [0.25, 0.3) is 22.2 Å². The molecule has 0 aliphatic heterocycles. The number of fused-ring (bicyclic) bond motifs is 1. The van der Waals surface area contributed by atoms with E-state index in [1.54, 1.807) is 24.5 Å². The normalized spacial score (nSPS) is 10.7. The van der Waals surface area contributed by atoms with Crippen LogP contribution < -0.4 is 10.5 Å². The highest BCUT2D eigenvalue weighted by molar-refractivity contribution is 5.96. The number of aromatic amines is 1. The maximum absolute atomic E-state index is 11.3. The van der Waals surface area contributed by atoms with Crippen LogP contribution in [0.4, 0.5) is 0 Å². The molecular formula is C14H12N4O2. The fourth-order valence-electron chi connectivity index (χ4n) is 2.07. The molecular weight excluding hydrogens is 256 g/mol. The predicted octanol–water partition coefficient (Wildman–Crippen LogP) is 1.73. The lowest BCUT2D eigenvalue weighted by Gasteiger charge is -2.08. The van der Waals surface area contributed by atoms with Crippen molar-refractivity contribution in [1.29, 1.82) is 0 Å². The zero-order chi connectivity index (χ0) is 14.1. The maximum Gasteiger partial charge on any atom is 0.252 e. The first-order valence-corrected chi connectivity index (χ1v) is 5.96. The van der Waals surface area contributed by atoms with Crippen LogP contribution in [0, 0.1) is 0 Å². The van der Waals surface area contributed by atoms with E-state index in [0.717, 1.165) is 22.2 Å². The van der Waals surface area contributed by atoms with Crippen molar-refractivity contribution in [2.24, 2.45) is 5.73 Å². The van der Waals surface area contributed by atoms with E-state index in [1.165, 1.54) is 7.11 Å². The van der Waals surface area contributed by atoms with Gasteiger partial charge in [0.05, 0.1) is 18.9 Å². The molecule has 0 aliphatic rings. The van der Waals surface area contributed by atoms with E-state index in [4.69, 9.17) is 10.5 Å². The highest BCUT2D eigenvalue weighted by Crippen LogP contribution is 2.28. The van der Waals surface area contributed by atoms with Gasteiger partial charge in [0.2, 0.25) is 0 Å². The van der Waals surface area contributed by atoms with E-state index in [2.05, 4.69) is 15.2 Å². The smallest absolute Gasteiger partial charge is 0.252 e. The molecule has 2 heterocycles. The molecule has 3 aromatic rings. The number of carbonyl (C=O) groups excluding carboxylic acids is 1. The zero-order valence-electron chi connectivity index (χ0n) is 10.8. The van der Waals surface area contributed by atoms with E-state index in [9.17, 15) is 4.79 Å². The summed E-state index contributed by atoms with van der Waals surface area (Å²) in [6.45, 7) is 0. The fraction of sp³-hybridized carbons (Fsp3) is 0.0714. The third kappa shape index (κ3) is 1.97. The van der Waals surface area contributed by atoms with E-state index in [1.807, 2.05) is 12.1 Å². The second-order valence-corrected chi connectivity index (χ2v) is 4.31. The number of hydrogen-bond donors (Lipinski definition) is 2.